The molecule has 0 aliphatic carbocycles. The van der Waals surface area contributed by atoms with Crippen LogP contribution in [0.5, 0.6) is 0 Å². The first-order valence-electron chi connectivity index (χ1n) is 8.02. The van der Waals surface area contributed by atoms with Crippen molar-refractivity contribution in [2.75, 3.05) is 20.2 Å². The van der Waals surface area contributed by atoms with Crippen molar-refractivity contribution in [3.8, 4) is 11.1 Å². The van der Waals surface area contributed by atoms with Gasteiger partial charge in [0.25, 0.3) is 5.91 Å². The molecular weight excluding hydrogens is 288 g/mol. The average Bonchev–Trinajstić information content (AvgIpc) is 2.61. The van der Waals surface area contributed by atoms with E-state index in [1.54, 1.807) is 13.3 Å². The Labute approximate surface area is 137 Å². The molecule has 1 aliphatic rings. The summed E-state index contributed by atoms with van der Waals surface area (Å²) in [6, 6.07) is 9.83. The van der Waals surface area contributed by atoms with Gasteiger partial charge < -0.3 is 9.64 Å². The van der Waals surface area contributed by atoms with E-state index in [1.165, 1.54) is 0 Å². The molecule has 0 N–H and O–H groups in total. The minimum atomic E-state index is 0.0836. The number of carbonyl (C=O) groups excluding carboxylic acids is 1. The van der Waals surface area contributed by atoms with Crippen molar-refractivity contribution in [1.29, 1.82) is 0 Å². The third kappa shape index (κ3) is 3.42. The van der Waals surface area contributed by atoms with Gasteiger partial charge in [-0.1, -0.05) is 12.1 Å². The van der Waals surface area contributed by atoms with E-state index >= 15 is 0 Å². The lowest BCUT2D eigenvalue weighted by Crippen LogP contribution is -2.42. The van der Waals surface area contributed by atoms with E-state index in [9.17, 15) is 4.79 Å². The predicted molar refractivity (Wildman–Crippen MR) is 90.3 cm³/mol. The predicted octanol–water partition coefficient (Wildman–Crippen LogP) is 3.31. The summed E-state index contributed by atoms with van der Waals surface area (Å²) >= 11 is 0. The molecule has 2 aromatic rings. The second kappa shape index (κ2) is 6.92. The van der Waals surface area contributed by atoms with Gasteiger partial charge in [-0.05, 0) is 54.7 Å². The number of aryl methyl sites for hydroxylation is 1. The lowest BCUT2D eigenvalue weighted by atomic mass is 9.99. The number of methoxy groups -OCH3 is 1. The molecule has 4 heteroatoms. The highest BCUT2D eigenvalue weighted by Crippen LogP contribution is 2.24. The summed E-state index contributed by atoms with van der Waals surface area (Å²) in [5.41, 5.74) is 4.00. The number of hydrogen-bond donors (Lipinski definition) is 0. The Kier molecular flexibility index (Phi) is 4.72. The van der Waals surface area contributed by atoms with Gasteiger partial charge in [-0.3, -0.25) is 9.78 Å². The third-order valence-corrected chi connectivity index (χ3v) is 4.44. The molecule has 1 aliphatic heterocycles. The van der Waals surface area contributed by atoms with E-state index < -0.39 is 0 Å². The minimum absolute atomic E-state index is 0.0836. The van der Waals surface area contributed by atoms with Gasteiger partial charge >= 0.3 is 0 Å². The summed E-state index contributed by atoms with van der Waals surface area (Å²) < 4.78 is 5.42. The van der Waals surface area contributed by atoms with Gasteiger partial charge in [0, 0.05) is 38.2 Å². The molecule has 120 valence electrons. The monoisotopic (exact) mass is 310 g/mol. The zero-order valence-electron chi connectivity index (χ0n) is 13.7. The minimum Gasteiger partial charge on any atom is -0.380 e. The van der Waals surface area contributed by atoms with Crippen molar-refractivity contribution in [1.82, 2.24) is 9.88 Å². The normalized spacial score (nSPS) is 18.0. The molecule has 0 spiro atoms. The molecule has 2 heterocycles. The Morgan fingerprint density at radius 2 is 2.22 bits per heavy atom. The molecule has 1 saturated heterocycles. The molecule has 1 atom stereocenters. The summed E-state index contributed by atoms with van der Waals surface area (Å²) in [7, 11) is 1.71. The van der Waals surface area contributed by atoms with E-state index in [0.29, 0.717) is 6.54 Å². The first kappa shape index (κ1) is 15.7. The van der Waals surface area contributed by atoms with Crippen molar-refractivity contribution >= 4 is 5.91 Å². The van der Waals surface area contributed by atoms with Crippen LogP contribution >= 0.6 is 0 Å². The molecule has 0 radical (unpaired) electrons. The largest absolute Gasteiger partial charge is 0.380 e. The summed E-state index contributed by atoms with van der Waals surface area (Å²) in [4.78, 5) is 18.8. The highest BCUT2D eigenvalue weighted by molar-refractivity contribution is 5.95. The first-order chi connectivity index (χ1) is 11.2. The van der Waals surface area contributed by atoms with Crippen molar-refractivity contribution in [3.63, 3.8) is 0 Å². The van der Waals surface area contributed by atoms with Crippen molar-refractivity contribution in [3.05, 3.63) is 53.9 Å². The Morgan fingerprint density at radius 3 is 3.00 bits per heavy atom. The summed E-state index contributed by atoms with van der Waals surface area (Å²) in [6.45, 7) is 3.51. The smallest absolute Gasteiger partial charge is 0.253 e. The lowest BCUT2D eigenvalue weighted by molar-refractivity contribution is 0.0269. The van der Waals surface area contributed by atoms with Crippen LogP contribution in [0, 0.1) is 6.92 Å². The number of benzene rings is 1. The van der Waals surface area contributed by atoms with Gasteiger partial charge in [0.15, 0.2) is 0 Å². The number of amides is 1. The second-order valence-electron chi connectivity index (χ2n) is 6.02. The fourth-order valence-corrected chi connectivity index (χ4v) is 3.11. The highest BCUT2D eigenvalue weighted by Gasteiger charge is 2.24. The molecule has 4 nitrogen and oxygen atoms in total. The topological polar surface area (TPSA) is 42.4 Å². The maximum atomic E-state index is 12.8. The number of rotatable bonds is 3. The molecule has 23 heavy (non-hydrogen) atoms. The Bertz CT molecular complexity index is 699. The summed E-state index contributed by atoms with van der Waals surface area (Å²) in [5, 5.41) is 0. The first-order valence-corrected chi connectivity index (χ1v) is 8.02. The molecule has 0 saturated carbocycles. The number of ether oxygens (including phenoxy) is 1. The quantitative estimate of drug-likeness (QED) is 0.873. The van der Waals surface area contributed by atoms with E-state index in [2.05, 4.69) is 4.98 Å². The third-order valence-electron chi connectivity index (χ3n) is 4.44. The number of nitrogens with zero attached hydrogens (tertiary/aromatic N) is 2. The van der Waals surface area contributed by atoms with Gasteiger partial charge in [-0.25, -0.2) is 0 Å². The van der Waals surface area contributed by atoms with E-state index in [0.717, 1.165) is 41.6 Å². The molecule has 1 fully saturated rings. The Balaban J connectivity index is 1.85. The standard InChI is InChI=1S/C19H22N2O2/c1-14-12-20-9-8-18(14)15-5-3-6-16(11-15)19(22)21-10-4-7-17(13-21)23-2/h3,5-6,8-9,11-12,17H,4,7,10,13H2,1-2H3/t17-/m1/s1. The molecule has 3 rings (SSSR count). The van der Waals surface area contributed by atoms with Crippen LogP contribution in [0.1, 0.15) is 28.8 Å². The average molecular weight is 310 g/mol. The van der Waals surface area contributed by atoms with E-state index in [1.807, 2.05) is 48.4 Å². The van der Waals surface area contributed by atoms with Crippen LogP contribution in [-0.2, 0) is 4.74 Å². The van der Waals surface area contributed by atoms with E-state index in [4.69, 9.17) is 4.74 Å². The van der Waals surface area contributed by atoms with Gasteiger partial charge in [-0.15, -0.1) is 0 Å². The van der Waals surface area contributed by atoms with Crippen molar-refractivity contribution in [2.45, 2.75) is 25.9 Å². The zero-order valence-corrected chi connectivity index (χ0v) is 13.7. The number of carbonyl (C=O) groups is 1. The molecule has 0 bridgehead atoms. The van der Waals surface area contributed by atoms with Gasteiger partial charge in [-0.2, -0.15) is 0 Å². The highest BCUT2D eigenvalue weighted by atomic mass is 16.5. The lowest BCUT2D eigenvalue weighted by Gasteiger charge is -2.32. The molecule has 1 amide bonds. The van der Waals surface area contributed by atoms with Crippen molar-refractivity contribution in [2.24, 2.45) is 0 Å². The molecule has 0 unspecified atom stereocenters. The van der Waals surface area contributed by atoms with Crippen molar-refractivity contribution < 1.29 is 9.53 Å². The van der Waals surface area contributed by atoms with Crippen LogP contribution in [0.15, 0.2) is 42.7 Å². The molecular formula is C19H22N2O2. The number of pyridine rings is 1. The van der Waals surface area contributed by atoms with Crippen LogP contribution in [0.25, 0.3) is 11.1 Å². The summed E-state index contributed by atoms with van der Waals surface area (Å²) in [5.74, 6) is 0.0836. The van der Waals surface area contributed by atoms with Crippen LogP contribution in [0.2, 0.25) is 0 Å². The SMILES string of the molecule is CO[C@@H]1CCCN(C(=O)c2cccc(-c3ccncc3C)c2)C1. The van der Waals surface area contributed by atoms with Crippen LogP contribution < -0.4 is 0 Å². The Morgan fingerprint density at radius 1 is 1.35 bits per heavy atom. The number of piperidine rings is 1. The van der Waals surface area contributed by atoms with Gasteiger partial charge in [0.2, 0.25) is 0 Å². The Hall–Kier alpha value is -2.20. The second-order valence-corrected chi connectivity index (χ2v) is 6.02. The summed E-state index contributed by atoms with van der Waals surface area (Å²) in [6.07, 6.45) is 5.80. The number of hydrogen-bond acceptors (Lipinski definition) is 3. The van der Waals surface area contributed by atoms with Crippen LogP contribution in [0.4, 0.5) is 0 Å². The molecule has 1 aromatic heterocycles. The maximum Gasteiger partial charge on any atom is 0.253 e. The maximum absolute atomic E-state index is 12.8. The van der Waals surface area contributed by atoms with E-state index in [-0.39, 0.29) is 12.0 Å². The van der Waals surface area contributed by atoms with Crippen LogP contribution in [-0.4, -0.2) is 42.1 Å². The number of likely N-dealkylation sites (tertiary alicyclic amines) is 1. The fourth-order valence-electron chi connectivity index (χ4n) is 3.11. The zero-order chi connectivity index (χ0) is 16.2. The fraction of sp³-hybridized carbons (Fsp3) is 0.368. The van der Waals surface area contributed by atoms with Gasteiger partial charge in [0.05, 0.1) is 6.10 Å². The number of aromatic nitrogens is 1. The van der Waals surface area contributed by atoms with Crippen LogP contribution in [0.3, 0.4) is 0 Å². The molecule has 1 aromatic carbocycles. The van der Waals surface area contributed by atoms with Gasteiger partial charge in [0.1, 0.15) is 0 Å².